The molecule has 88 valence electrons. The molecule has 0 saturated carbocycles. The molecule has 1 atom stereocenters. The van der Waals surface area contributed by atoms with Crippen LogP contribution in [0.4, 0.5) is 8.78 Å². The molecule has 1 aliphatic heterocycles. The standard InChI is InChI=1S/C11H20F2N2/c1-3-9(2)14-10-4-6-15(7-5-10)8-11(12)13/h3,9-11,14H,1,4-8H2,2H3. The lowest BCUT2D eigenvalue weighted by Gasteiger charge is -2.33. The molecule has 1 aliphatic rings. The van der Waals surface area contributed by atoms with Crippen LogP contribution in [0.1, 0.15) is 19.8 Å². The van der Waals surface area contributed by atoms with Gasteiger partial charge >= 0.3 is 0 Å². The van der Waals surface area contributed by atoms with Gasteiger partial charge in [0.05, 0.1) is 6.54 Å². The van der Waals surface area contributed by atoms with Gasteiger partial charge in [-0.2, -0.15) is 0 Å². The lowest BCUT2D eigenvalue weighted by molar-refractivity contribution is 0.0727. The Morgan fingerprint density at radius 1 is 1.47 bits per heavy atom. The highest BCUT2D eigenvalue weighted by Crippen LogP contribution is 2.12. The highest BCUT2D eigenvalue weighted by molar-refractivity contribution is 4.86. The third-order valence-electron chi connectivity index (χ3n) is 2.84. The largest absolute Gasteiger partial charge is 0.308 e. The first-order valence-corrected chi connectivity index (χ1v) is 5.51. The Morgan fingerprint density at radius 2 is 2.07 bits per heavy atom. The van der Waals surface area contributed by atoms with Crippen LogP contribution in [0.15, 0.2) is 12.7 Å². The molecule has 15 heavy (non-hydrogen) atoms. The quantitative estimate of drug-likeness (QED) is 0.709. The van der Waals surface area contributed by atoms with E-state index >= 15 is 0 Å². The Balaban J connectivity index is 2.20. The molecule has 1 unspecified atom stereocenters. The van der Waals surface area contributed by atoms with Gasteiger partial charge < -0.3 is 5.32 Å². The van der Waals surface area contributed by atoms with E-state index in [1.165, 1.54) is 0 Å². The van der Waals surface area contributed by atoms with Crippen molar-refractivity contribution in [2.24, 2.45) is 0 Å². The van der Waals surface area contributed by atoms with E-state index in [4.69, 9.17) is 0 Å². The van der Waals surface area contributed by atoms with Crippen LogP contribution in [0.3, 0.4) is 0 Å². The van der Waals surface area contributed by atoms with E-state index in [-0.39, 0.29) is 6.54 Å². The van der Waals surface area contributed by atoms with Crippen LogP contribution in [0.25, 0.3) is 0 Å². The summed E-state index contributed by atoms with van der Waals surface area (Å²) >= 11 is 0. The summed E-state index contributed by atoms with van der Waals surface area (Å²) < 4.78 is 24.2. The summed E-state index contributed by atoms with van der Waals surface area (Å²) in [5.41, 5.74) is 0. The second kappa shape index (κ2) is 6.18. The maximum atomic E-state index is 12.1. The lowest BCUT2D eigenvalue weighted by atomic mass is 10.0. The second-order valence-corrected chi connectivity index (χ2v) is 4.16. The Hall–Kier alpha value is -0.480. The van der Waals surface area contributed by atoms with Gasteiger partial charge in [-0.3, -0.25) is 4.90 Å². The fourth-order valence-corrected chi connectivity index (χ4v) is 1.92. The van der Waals surface area contributed by atoms with E-state index in [1.807, 2.05) is 11.0 Å². The highest BCUT2D eigenvalue weighted by Gasteiger charge is 2.21. The van der Waals surface area contributed by atoms with Gasteiger partial charge in [-0.05, 0) is 32.9 Å². The summed E-state index contributed by atoms with van der Waals surface area (Å²) in [4.78, 5) is 1.83. The molecule has 1 heterocycles. The maximum absolute atomic E-state index is 12.1. The molecule has 0 bridgehead atoms. The molecule has 0 aromatic heterocycles. The summed E-state index contributed by atoms with van der Waals surface area (Å²) in [6.45, 7) is 7.22. The zero-order valence-corrected chi connectivity index (χ0v) is 9.26. The average Bonchev–Trinajstić information content (AvgIpc) is 2.20. The van der Waals surface area contributed by atoms with Crippen molar-refractivity contribution < 1.29 is 8.78 Å². The van der Waals surface area contributed by atoms with Crippen molar-refractivity contribution in [3.63, 3.8) is 0 Å². The first-order valence-electron chi connectivity index (χ1n) is 5.51. The molecule has 0 radical (unpaired) electrons. The summed E-state index contributed by atoms with van der Waals surface area (Å²) in [5.74, 6) is 0. The Labute approximate surface area is 90.3 Å². The normalized spacial score (nSPS) is 21.9. The highest BCUT2D eigenvalue weighted by atomic mass is 19.3. The van der Waals surface area contributed by atoms with Gasteiger partial charge in [0.1, 0.15) is 0 Å². The van der Waals surface area contributed by atoms with Crippen molar-refractivity contribution in [1.82, 2.24) is 10.2 Å². The van der Waals surface area contributed by atoms with Gasteiger partial charge in [-0.15, -0.1) is 6.58 Å². The van der Waals surface area contributed by atoms with Crippen molar-refractivity contribution in [2.75, 3.05) is 19.6 Å². The van der Waals surface area contributed by atoms with Crippen molar-refractivity contribution in [2.45, 2.75) is 38.3 Å². The molecule has 0 aromatic rings. The van der Waals surface area contributed by atoms with Crippen molar-refractivity contribution >= 4 is 0 Å². The molecule has 1 N–H and O–H groups in total. The van der Waals surface area contributed by atoms with Crippen molar-refractivity contribution in [1.29, 1.82) is 0 Å². The number of halogens is 2. The minimum atomic E-state index is -2.21. The van der Waals surface area contributed by atoms with Crippen LogP contribution >= 0.6 is 0 Å². The van der Waals surface area contributed by atoms with Crippen LogP contribution in [-0.2, 0) is 0 Å². The zero-order valence-electron chi connectivity index (χ0n) is 9.26. The van der Waals surface area contributed by atoms with Crippen LogP contribution < -0.4 is 5.32 Å². The SMILES string of the molecule is C=CC(C)NC1CCN(CC(F)F)CC1. The number of nitrogens with zero attached hydrogens (tertiary/aromatic N) is 1. The number of hydrogen-bond acceptors (Lipinski definition) is 2. The molecule has 4 heteroatoms. The topological polar surface area (TPSA) is 15.3 Å². The van der Waals surface area contributed by atoms with E-state index < -0.39 is 6.43 Å². The van der Waals surface area contributed by atoms with Crippen molar-refractivity contribution in [3.05, 3.63) is 12.7 Å². The fraction of sp³-hybridized carbons (Fsp3) is 0.818. The molecule has 1 saturated heterocycles. The second-order valence-electron chi connectivity index (χ2n) is 4.16. The van der Waals surface area contributed by atoms with E-state index in [9.17, 15) is 8.78 Å². The summed E-state index contributed by atoms with van der Waals surface area (Å²) in [7, 11) is 0. The first-order chi connectivity index (χ1) is 7.11. The summed E-state index contributed by atoms with van der Waals surface area (Å²) in [6.07, 6.45) is 1.56. The molecule has 0 aromatic carbocycles. The number of nitrogens with one attached hydrogen (secondary N) is 1. The zero-order chi connectivity index (χ0) is 11.3. The fourth-order valence-electron chi connectivity index (χ4n) is 1.92. The monoisotopic (exact) mass is 218 g/mol. The molecule has 0 spiro atoms. The predicted molar refractivity (Wildman–Crippen MR) is 58.3 cm³/mol. The van der Waals surface area contributed by atoms with E-state index in [2.05, 4.69) is 18.8 Å². The third kappa shape index (κ3) is 4.71. The Kier molecular flexibility index (Phi) is 5.19. The van der Waals surface area contributed by atoms with Gasteiger partial charge in [0.2, 0.25) is 0 Å². The van der Waals surface area contributed by atoms with Crippen LogP contribution in [0.2, 0.25) is 0 Å². The molecular weight excluding hydrogens is 198 g/mol. The number of piperidine rings is 1. The molecule has 2 nitrogen and oxygen atoms in total. The Morgan fingerprint density at radius 3 is 2.53 bits per heavy atom. The average molecular weight is 218 g/mol. The van der Waals surface area contributed by atoms with E-state index in [0.29, 0.717) is 12.1 Å². The predicted octanol–water partition coefficient (Wildman–Crippen LogP) is 1.88. The summed E-state index contributed by atoms with van der Waals surface area (Å²) in [5, 5.41) is 3.41. The van der Waals surface area contributed by atoms with Crippen LogP contribution in [-0.4, -0.2) is 43.0 Å². The Bertz CT molecular complexity index is 189. The van der Waals surface area contributed by atoms with Gasteiger partial charge in [0.25, 0.3) is 6.43 Å². The number of alkyl halides is 2. The number of rotatable bonds is 5. The molecule has 1 rings (SSSR count). The molecular formula is C11H20F2N2. The lowest BCUT2D eigenvalue weighted by Crippen LogP contribution is -2.46. The molecule has 0 amide bonds. The van der Waals surface area contributed by atoms with Gasteiger partial charge in [0.15, 0.2) is 0 Å². The third-order valence-corrected chi connectivity index (χ3v) is 2.84. The molecule has 1 fully saturated rings. The number of likely N-dealkylation sites (tertiary alicyclic amines) is 1. The van der Waals surface area contributed by atoms with Gasteiger partial charge in [-0.1, -0.05) is 6.08 Å². The van der Waals surface area contributed by atoms with Gasteiger partial charge in [-0.25, -0.2) is 8.78 Å². The maximum Gasteiger partial charge on any atom is 0.251 e. The minimum absolute atomic E-state index is 0.0796. The van der Waals surface area contributed by atoms with Crippen LogP contribution in [0, 0.1) is 0 Å². The molecule has 0 aliphatic carbocycles. The van der Waals surface area contributed by atoms with E-state index in [0.717, 1.165) is 25.9 Å². The van der Waals surface area contributed by atoms with Crippen molar-refractivity contribution in [3.8, 4) is 0 Å². The smallest absolute Gasteiger partial charge is 0.251 e. The van der Waals surface area contributed by atoms with Gasteiger partial charge in [0, 0.05) is 12.1 Å². The van der Waals surface area contributed by atoms with E-state index in [1.54, 1.807) is 0 Å². The van der Waals surface area contributed by atoms with Crippen LogP contribution in [0.5, 0.6) is 0 Å². The first kappa shape index (κ1) is 12.6. The minimum Gasteiger partial charge on any atom is -0.308 e. The summed E-state index contributed by atoms with van der Waals surface area (Å²) in [6, 6.07) is 0.753. The number of hydrogen-bond donors (Lipinski definition) is 1.